The second-order valence-electron chi connectivity index (χ2n) is 29.0. The molecule has 0 aliphatic carbocycles. The van der Waals surface area contributed by atoms with E-state index in [2.05, 4.69) is 341 Å². The highest BCUT2D eigenvalue weighted by molar-refractivity contribution is 8.00. The molecule has 6 aliphatic heterocycles. The molecule has 0 fully saturated rings. The Bertz CT molecular complexity index is 6100. The number of hydrogen-bond donors (Lipinski definition) is 0. The Balaban J connectivity index is 0.858. The van der Waals surface area contributed by atoms with E-state index < -0.39 is 0 Å². The first-order valence-corrected chi connectivity index (χ1v) is 35.1. The van der Waals surface area contributed by atoms with E-state index in [0.29, 0.717) is 0 Å². The standard InChI is InChI=1S/C91H63B2N3S/c1-90(2,3)57-46-84-88-86(49-57)97-85-53-81-77(52-78(85)93(88)75-34-17-19-36-79(75)94(84)59-42-44-71-67-28-11-9-24-63(67)65-26-13-15-30-69(65)73(71)50-59)92-76-35-18-20-37-80(76)96-83-48-58(91(4,5)56-40-38-55(39-41-56)62-33-21-32-61(89(62)96)54-22-7-6-8-23-54)47-82(87(83)92)95(81)60-43-45-72-68-29-12-10-25-64(68)66-27-14-16-31-70(66)74(72)51-60/h6-53H,1-5H3. The second-order valence-corrected chi connectivity index (χ2v) is 30.1. The lowest BCUT2D eigenvalue weighted by Gasteiger charge is -2.46. The van der Waals surface area contributed by atoms with Gasteiger partial charge in [-0.15, -0.1) is 0 Å². The molecule has 0 unspecified atom stereocenters. The minimum atomic E-state index is -0.388. The molecule has 4 bridgehead atoms. The normalized spacial score (nSPS) is 14.4. The molecule has 6 heteroatoms. The first-order chi connectivity index (χ1) is 47.5. The molecule has 6 heterocycles. The van der Waals surface area contributed by atoms with Crippen molar-refractivity contribution in [3.8, 4) is 22.3 Å². The third-order valence-corrected chi connectivity index (χ3v) is 23.7. The van der Waals surface area contributed by atoms with Gasteiger partial charge in [0.15, 0.2) is 0 Å². The van der Waals surface area contributed by atoms with Gasteiger partial charge in [-0.25, -0.2) is 0 Å². The van der Waals surface area contributed by atoms with Crippen molar-refractivity contribution >= 4 is 174 Å². The summed E-state index contributed by atoms with van der Waals surface area (Å²) in [5.41, 5.74) is 26.9. The number of para-hydroxylation sites is 3. The van der Waals surface area contributed by atoms with Gasteiger partial charge in [0.05, 0.1) is 5.69 Å². The van der Waals surface area contributed by atoms with Crippen molar-refractivity contribution in [2.45, 2.75) is 55.2 Å². The first-order valence-electron chi connectivity index (χ1n) is 34.3. The van der Waals surface area contributed by atoms with Crippen molar-refractivity contribution in [2.75, 3.05) is 14.7 Å². The van der Waals surface area contributed by atoms with Gasteiger partial charge < -0.3 is 14.7 Å². The van der Waals surface area contributed by atoms with E-state index in [-0.39, 0.29) is 24.3 Å². The molecule has 0 saturated carbocycles. The summed E-state index contributed by atoms with van der Waals surface area (Å²) in [6.45, 7) is 11.8. The van der Waals surface area contributed by atoms with Gasteiger partial charge in [0.25, 0.3) is 6.71 Å². The zero-order valence-electron chi connectivity index (χ0n) is 54.6. The molecule has 0 N–H and O–H groups in total. The van der Waals surface area contributed by atoms with E-state index in [1.165, 1.54) is 192 Å². The molecule has 454 valence electrons. The predicted molar refractivity (Wildman–Crippen MR) is 417 cm³/mol. The van der Waals surface area contributed by atoms with Crippen LogP contribution in [0.5, 0.6) is 0 Å². The molecule has 0 aromatic heterocycles. The van der Waals surface area contributed by atoms with Gasteiger partial charge in [0.2, 0.25) is 6.71 Å². The zero-order valence-corrected chi connectivity index (χ0v) is 55.4. The SMILES string of the molecule is CC(C)(C)c1cc2c3c(c1)N(c1ccc4c5ccccc5c5ccccc5c4c1)c1ccccc1B3c1cc3c(cc1S2)N(c1ccc2c4ccccc4c4ccccc4c2c1)c1cc2cc4c1B3c1ccccc1N4c1c(-c3ccccc3)cccc1-c1ccc(cc1)C2(C)C. The Kier molecular flexibility index (Phi) is 11.4. The monoisotopic (exact) mass is 1250 g/mol. The third kappa shape index (κ3) is 7.73. The lowest BCUT2D eigenvalue weighted by atomic mass is 9.31. The van der Waals surface area contributed by atoms with Crippen molar-refractivity contribution in [1.82, 2.24) is 0 Å². The maximum atomic E-state index is 2.70. The highest BCUT2D eigenvalue weighted by Gasteiger charge is 2.49. The van der Waals surface area contributed by atoms with Crippen LogP contribution in [-0.4, -0.2) is 13.4 Å². The number of nitrogens with zero attached hydrogens (tertiary/aromatic N) is 3. The lowest BCUT2D eigenvalue weighted by molar-refractivity contribution is 0.589. The fraction of sp³-hybridized carbons (Fsp3) is 0.0769. The number of fused-ring (bicyclic) bond motifs is 22. The number of benzene rings is 16. The average molecular weight is 1250 g/mol. The summed E-state index contributed by atoms with van der Waals surface area (Å²) in [6.07, 6.45) is 0. The molecule has 16 aromatic carbocycles. The van der Waals surface area contributed by atoms with Crippen molar-refractivity contribution in [3.05, 3.63) is 308 Å². The van der Waals surface area contributed by atoms with Gasteiger partial charge in [0.1, 0.15) is 0 Å². The van der Waals surface area contributed by atoms with Crippen LogP contribution in [0.15, 0.2) is 301 Å². The maximum Gasteiger partial charge on any atom is 0.252 e. The molecular weight excluding hydrogens is 1190 g/mol. The first kappa shape index (κ1) is 55.3. The highest BCUT2D eigenvalue weighted by atomic mass is 32.2. The van der Waals surface area contributed by atoms with Gasteiger partial charge in [-0.05, 0) is 192 Å². The van der Waals surface area contributed by atoms with E-state index in [1.54, 1.807) is 0 Å². The van der Waals surface area contributed by atoms with Crippen molar-refractivity contribution in [2.24, 2.45) is 0 Å². The minimum Gasteiger partial charge on any atom is -0.311 e. The smallest absolute Gasteiger partial charge is 0.252 e. The maximum absolute atomic E-state index is 2.70. The molecule has 16 aromatic rings. The van der Waals surface area contributed by atoms with Crippen LogP contribution >= 0.6 is 11.8 Å². The predicted octanol–water partition coefficient (Wildman–Crippen LogP) is 20.7. The topological polar surface area (TPSA) is 9.72 Å². The highest BCUT2D eigenvalue weighted by Crippen LogP contribution is 2.54. The summed E-state index contributed by atoms with van der Waals surface area (Å²) in [7, 11) is 0. The number of anilines is 9. The average Bonchev–Trinajstić information content (AvgIpc) is 1.21. The summed E-state index contributed by atoms with van der Waals surface area (Å²) in [4.78, 5) is 10.6. The molecule has 0 atom stereocenters. The molecule has 97 heavy (non-hydrogen) atoms. The van der Waals surface area contributed by atoms with Crippen molar-refractivity contribution in [3.63, 3.8) is 0 Å². The fourth-order valence-electron chi connectivity index (χ4n) is 17.9. The van der Waals surface area contributed by atoms with E-state index in [0.717, 1.165) is 5.69 Å². The van der Waals surface area contributed by atoms with Gasteiger partial charge in [-0.1, -0.05) is 276 Å². The number of hydrogen-bond acceptors (Lipinski definition) is 4. The third-order valence-electron chi connectivity index (χ3n) is 22.6. The summed E-state index contributed by atoms with van der Waals surface area (Å²) >= 11 is 1.97. The van der Waals surface area contributed by atoms with E-state index in [4.69, 9.17) is 0 Å². The molecule has 0 saturated heterocycles. The van der Waals surface area contributed by atoms with Gasteiger partial charge in [-0.3, -0.25) is 0 Å². The molecular formula is C91H63B2N3S. The molecule has 6 aliphatic rings. The number of rotatable bonds is 3. The summed E-state index contributed by atoms with van der Waals surface area (Å²) in [5, 5.41) is 15.3. The van der Waals surface area contributed by atoms with E-state index in [1.807, 2.05) is 11.8 Å². The van der Waals surface area contributed by atoms with Crippen LogP contribution in [0.4, 0.5) is 51.2 Å². The minimum absolute atomic E-state index is 0.0576. The molecule has 0 spiro atoms. The van der Waals surface area contributed by atoms with Crippen LogP contribution < -0.4 is 47.5 Å². The Morgan fingerprint density at radius 3 is 1.29 bits per heavy atom. The Morgan fingerprint density at radius 1 is 0.299 bits per heavy atom. The van der Waals surface area contributed by atoms with Crippen LogP contribution in [-0.2, 0) is 10.8 Å². The largest absolute Gasteiger partial charge is 0.311 e. The quantitative estimate of drug-likeness (QED) is 0.129. The fourth-order valence-corrected chi connectivity index (χ4v) is 19.1. The van der Waals surface area contributed by atoms with Gasteiger partial charge in [-0.2, -0.15) is 0 Å². The zero-order chi connectivity index (χ0) is 64.3. The van der Waals surface area contributed by atoms with E-state index in [9.17, 15) is 0 Å². The summed E-state index contributed by atoms with van der Waals surface area (Å²) in [5.74, 6) is 0. The van der Waals surface area contributed by atoms with Crippen LogP contribution in [0.25, 0.3) is 86.9 Å². The van der Waals surface area contributed by atoms with Crippen LogP contribution in [0.3, 0.4) is 0 Å². The van der Waals surface area contributed by atoms with Crippen LogP contribution in [0.1, 0.15) is 51.3 Å². The van der Waals surface area contributed by atoms with Crippen LogP contribution in [0.2, 0.25) is 0 Å². The van der Waals surface area contributed by atoms with Crippen molar-refractivity contribution in [1.29, 1.82) is 0 Å². The Hall–Kier alpha value is -11.0. The molecule has 3 nitrogen and oxygen atoms in total. The second kappa shape index (κ2) is 20.0. The lowest BCUT2D eigenvalue weighted by Crippen LogP contribution is -2.64. The molecule has 0 radical (unpaired) electrons. The summed E-state index contributed by atoms with van der Waals surface area (Å²) < 4.78 is 0. The molecule has 22 rings (SSSR count). The summed E-state index contributed by atoms with van der Waals surface area (Å²) in [6, 6.07) is 112. The Labute approximate surface area is 570 Å². The Morgan fingerprint density at radius 2 is 0.742 bits per heavy atom. The van der Waals surface area contributed by atoms with Crippen molar-refractivity contribution < 1.29 is 0 Å². The molecule has 0 amide bonds. The van der Waals surface area contributed by atoms with E-state index >= 15 is 0 Å². The van der Waals surface area contributed by atoms with Crippen LogP contribution in [0, 0.1) is 0 Å². The van der Waals surface area contributed by atoms with Gasteiger partial charge >= 0.3 is 0 Å². The van der Waals surface area contributed by atoms with Gasteiger partial charge in [0, 0.05) is 71.8 Å².